The van der Waals surface area contributed by atoms with Crippen LogP contribution < -0.4 is 0 Å². The maximum atomic E-state index is 12.6. The number of nitrogens with zero attached hydrogens (tertiary/aromatic N) is 1. The number of rotatable bonds is 3. The molecule has 0 saturated carbocycles. The van der Waals surface area contributed by atoms with Crippen molar-refractivity contribution < 1.29 is 4.79 Å². The van der Waals surface area contributed by atoms with E-state index in [-0.39, 0.29) is 17.0 Å². The topological polar surface area (TPSA) is 20.3 Å². The quantitative estimate of drug-likeness (QED) is 0.588. The first kappa shape index (κ1) is 15.3. The highest BCUT2D eigenvalue weighted by molar-refractivity contribution is 6.80. The standard InChI is InChI=1S/C17H27NOSi/c1-7-14-15(13-11-9-8-10-12-13)18(16(14)19)20(5,6)17(2,3)4/h8-12,14-15H,7H2,1-6H3/t14-,15+/m0/s1. The van der Waals surface area contributed by atoms with Crippen LogP contribution in [0, 0.1) is 5.92 Å². The maximum Gasteiger partial charge on any atom is 0.220 e. The van der Waals surface area contributed by atoms with Gasteiger partial charge in [-0.1, -0.05) is 71.1 Å². The minimum Gasteiger partial charge on any atom is -0.361 e. The average molecular weight is 289 g/mol. The van der Waals surface area contributed by atoms with Crippen LogP contribution in [-0.2, 0) is 4.79 Å². The van der Waals surface area contributed by atoms with Crippen molar-refractivity contribution in [2.75, 3.05) is 0 Å². The summed E-state index contributed by atoms with van der Waals surface area (Å²) in [6.07, 6.45) is 0.934. The van der Waals surface area contributed by atoms with Gasteiger partial charge in [0.05, 0.1) is 12.0 Å². The molecule has 1 heterocycles. The molecule has 1 amide bonds. The minimum absolute atomic E-state index is 0.173. The summed E-state index contributed by atoms with van der Waals surface area (Å²) in [6, 6.07) is 10.8. The van der Waals surface area contributed by atoms with Crippen molar-refractivity contribution in [2.24, 2.45) is 5.92 Å². The van der Waals surface area contributed by atoms with Crippen molar-refractivity contribution >= 4 is 14.1 Å². The predicted octanol–water partition coefficient (Wildman–Crippen LogP) is 4.60. The second kappa shape index (κ2) is 5.03. The van der Waals surface area contributed by atoms with Gasteiger partial charge in [-0.25, -0.2) is 0 Å². The van der Waals surface area contributed by atoms with Crippen LogP contribution in [0.3, 0.4) is 0 Å². The van der Waals surface area contributed by atoms with Gasteiger partial charge in [-0.05, 0) is 17.0 Å². The Labute approximate surface area is 124 Å². The highest BCUT2D eigenvalue weighted by Crippen LogP contribution is 2.51. The number of hydrogen-bond acceptors (Lipinski definition) is 1. The highest BCUT2D eigenvalue weighted by Gasteiger charge is 2.56. The minimum atomic E-state index is -1.80. The molecule has 1 aromatic rings. The Morgan fingerprint density at radius 1 is 1.15 bits per heavy atom. The summed E-state index contributed by atoms with van der Waals surface area (Å²) in [6.45, 7) is 13.6. The number of benzene rings is 1. The van der Waals surface area contributed by atoms with Crippen LogP contribution in [0.25, 0.3) is 0 Å². The fourth-order valence-corrected chi connectivity index (χ4v) is 5.43. The predicted molar refractivity (Wildman–Crippen MR) is 87.0 cm³/mol. The Morgan fingerprint density at radius 3 is 2.15 bits per heavy atom. The van der Waals surface area contributed by atoms with Crippen LogP contribution in [0.15, 0.2) is 30.3 Å². The molecule has 0 spiro atoms. The smallest absolute Gasteiger partial charge is 0.220 e. The second-order valence-electron chi connectivity index (χ2n) is 7.39. The molecule has 1 aromatic carbocycles. The molecule has 1 aliphatic heterocycles. The molecule has 0 aromatic heterocycles. The molecular weight excluding hydrogens is 262 g/mol. The lowest BCUT2D eigenvalue weighted by Gasteiger charge is -2.58. The Hall–Kier alpha value is -1.09. The summed E-state index contributed by atoms with van der Waals surface area (Å²) in [5.74, 6) is 0.541. The van der Waals surface area contributed by atoms with Gasteiger partial charge in [0.15, 0.2) is 8.24 Å². The van der Waals surface area contributed by atoms with Crippen LogP contribution >= 0.6 is 0 Å². The SMILES string of the molecule is CC[C@@H]1C(=O)N([Si](C)(C)C(C)(C)C)[C@@H]1c1ccccc1. The van der Waals surface area contributed by atoms with E-state index in [0.717, 1.165) is 6.42 Å². The van der Waals surface area contributed by atoms with Crippen molar-refractivity contribution in [1.82, 2.24) is 4.57 Å². The van der Waals surface area contributed by atoms with Crippen molar-refractivity contribution in [1.29, 1.82) is 0 Å². The van der Waals surface area contributed by atoms with Crippen LogP contribution in [0.5, 0.6) is 0 Å². The first-order valence-electron chi connectivity index (χ1n) is 7.60. The molecule has 1 saturated heterocycles. The summed E-state index contributed by atoms with van der Waals surface area (Å²) < 4.78 is 2.25. The van der Waals surface area contributed by atoms with Gasteiger partial charge >= 0.3 is 0 Å². The normalized spacial score (nSPS) is 23.7. The fourth-order valence-electron chi connectivity index (χ4n) is 2.96. The molecule has 0 bridgehead atoms. The van der Waals surface area contributed by atoms with Gasteiger partial charge in [-0.3, -0.25) is 4.79 Å². The lowest BCUT2D eigenvalue weighted by atomic mass is 9.83. The lowest BCUT2D eigenvalue weighted by Crippen LogP contribution is -2.68. The number of hydrogen-bond donors (Lipinski definition) is 0. The molecule has 3 heteroatoms. The highest BCUT2D eigenvalue weighted by atomic mass is 28.3. The molecule has 2 rings (SSSR count). The molecule has 1 fully saturated rings. The van der Waals surface area contributed by atoms with Gasteiger partial charge in [0, 0.05) is 0 Å². The molecule has 0 radical (unpaired) electrons. The second-order valence-corrected chi connectivity index (χ2v) is 12.5. The first-order chi connectivity index (χ1) is 9.21. The molecule has 0 aliphatic carbocycles. The summed E-state index contributed by atoms with van der Waals surface area (Å²) in [5.41, 5.74) is 1.30. The third-order valence-corrected chi connectivity index (χ3v) is 10.6. The van der Waals surface area contributed by atoms with Crippen LogP contribution in [0.2, 0.25) is 18.1 Å². The van der Waals surface area contributed by atoms with Crippen molar-refractivity contribution in [3.8, 4) is 0 Å². The van der Waals surface area contributed by atoms with Gasteiger partial charge < -0.3 is 4.57 Å². The van der Waals surface area contributed by atoms with Gasteiger partial charge in [-0.2, -0.15) is 0 Å². The molecule has 20 heavy (non-hydrogen) atoms. The van der Waals surface area contributed by atoms with Crippen LogP contribution in [0.4, 0.5) is 0 Å². The van der Waals surface area contributed by atoms with Gasteiger partial charge in [-0.15, -0.1) is 0 Å². The van der Waals surface area contributed by atoms with Crippen LogP contribution in [0.1, 0.15) is 45.7 Å². The Balaban J connectivity index is 2.40. The van der Waals surface area contributed by atoms with E-state index in [1.165, 1.54) is 5.56 Å². The lowest BCUT2D eigenvalue weighted by molar-refractivity contribution is -0.148. The average Bonchev–Trinajstić information content (AvgIpc) is 2.35. The molecule has 1 aliphatic rings. The van der Waals surface area contributed by atoms with Gasteiger partial charge in [0.25, 0.3) is 0 Å². The van der Waals surface area contributed by atoms with Gasteiger partial charge in [0.2, 0.25) is 5.91 Å². The Kier molecular flexibility index (Phi) is 3.85. The van der Waals surface area contributed by atoms with E-state index < -0.39 is 8.24 Å². The third-order valence-electron chi connectivity index (χ3n) is 5.23. The van der Waals surface area contributed by atoms with Gasteiger partial charge in [0.1, 0.15) is 0 Å². The molecule has 110 valence electrons. The van der Waals surface area contributed by atoms with Crippen LogP contribution in [-0.4, -0.2) is 18.7 Å². The van der Waals surface area contributed by atoms with E-state index in [2.05, 4.69) is 69.6 Å². The zero-order valence-electron chi connectivity index (χ0n) is 13.6. The molecule has 0 N–H and O–H groups in total. The maximum absolute atomic E-state index is 12.6. The van der Waals surface area contributed by atoms with E-state index in [1.54, 1.807) is 0 Å². The number of carbonyl (C=O) groups excluding carboxylic acids is 1. The third kappa shape index (κ3) is 2.22. The van der Waals surface area contributed by atoms with Crippen molar-refractivity contribution in [3.05, 3.63) is 35.9 Å². The first-order valence-corrected chi connectivity index (χ1v) is 10.5. The summed E-state index contributed by atoms with van der Waals surface area (Å²) >= 11 is 0. The fraction of sp³-hybridized carbons (Fsp3) is 0.588. The number of β-lactam (4-membered cyclic amide) rings is 1. The largest absolute Gasteiger partial charge is 0.361 e. The Morgan fingerprint density at radius 2 is 1.70 bits per heavy atom. The zero-order chi connectivity index (χ0) is 15.1. The van der Waals surface area contributed by atoms with E-state index in [4.69, 9.17) is 0 Å². The van der Waals surface area contributed by atoms with E-state index in [1.807, 2.05) is 6.07 Å². The van der Waals surface area contributed by atoms with E-state index in [0.29, 0.717) is 5.91 Å². The number of amides is 1. The van der Waals surface area contributed by atoms with E-state index >= 15 is 0 Å². The molecule has 2 atom stereocenters. The Bertz CT molecular complexity index is 489. The molecule has 2 nitrogen and oxygen atoms in total. The van der Waals surface area contributed by atoms with Crippen molar-refractivity contribution in [2.45, 2.75) is 58.3 Å². The zero-order valence-corrected chi connectivity index (χ0v) is 14.6. The number of carbonyl (C=O) groups is 1. The molecule has 0 unspecified atom stereocenters. The van der Waals surface area contributed by atoms with E-state index in [9.17, 15) is 4.79 Å². The summed E-state index contributed by atoms with van der Waals surface area (Å²) in [4.78, 5) is 12.6. The summed E-state index contributed by atoms with van der Waals surface area (Å²) in [5, 5.41) is 0.189. The van der Waals surface area contributed by atoms with Crippen molar-refractivity contribution in [3.63, 3.8) is 0 Å². The summed E-state index contributed by atoms with van der Waals surface area (Å²) in [7, 11) is -1.80. The monoisotopic (exact) mass is 289 g/mol. The molecular formula is C17H27NOSi.